The lowest BCUT2D eigenvalue weighted by Gasteiger charge is -2.28. The molecule has 0 saturated heterocycles. The van der Waals surface area contributed by atoms with Crippen LogP contribution in [0.2, 0.25) is 0 Å². The highest BCUT2D eigenvalue weighted by molar-refractivity contribution is 5.87. The van der Waals surface area contributed by atoms with Crippen molar-refractivity contribution >= 4 is 11.0 Å². The Hall–Kier alpha value is -3.37. The molecule has 0 saturated carbocycles. The van der Waals surface area contributed by atoms with Crippen molar-refractivity contribution in [1.29, 1.82) is 0 Å². The minimum atomic E-state index is -0.260. The molecule has 0 bridgehead atoms. The molecule has 1 aliphatic heterocycles. The van der Waals surface area contributed by atoms with E-state index in [-0.39, 0.29) is 5.63 Å². The van der Waals surface area contributed by atoms with E-state index in [1.807, 2.05) is 44.2 Å². The molecule has 1 aromatic heterocycles. The molecule has 4 aromatic rings. The second kappa shape index (κ2) is 8.29. The van der Waals surface area contributed by atoms with Gasteiger partial charge in [0.15, 0.2) is 0 Å². The van der Waals surface area contributed by atoms with Gasteiger partial charge in [0, 0.05) is 34.1 Å². The lowest BCUT2D eigenvalue weighted by molar-refractivity contribution is -0.945. The number of rotatable bonds is 4. The number of ether oxygens (including phenoxy) is 1. The first-order valence-corrected chi connectivity index (χ1v) is 11.1. The van der Waals surface area contributed by atoms with Gasteiger partial charge in [-0.2, -0.15) is 0 Å². The molecule has 4 nitrogen and oxygen atoms in total. The van der Waals surface area contributed by atoms with Crippen LogP contribution in [0, 0.1) is 20.8 Å². The van der Waals surface area contributed by atoms with E-state index in [4.69, 9.17) is 9.15 Å². The molecule has 32 heavy (non-hydrogen) atoms. The summed E-state index contributed by atoms with van der Waals surface area (Å²) < 4.78 is 12.0. The molecule has 1 aliphatic rings. The number of nitrogens with one attached hydrogen (secondary N) is 1. The van der Waals surface area contributed by atoms with E-state index >= 15 is 0 Å². The van der Waals surface area contributed by atoms with Crippen molar-refractivity contribution < 1.29 is 14.1 Å². The van der Waals surface area contributed by atoms with Crippen LogP contribution in [0.25, 0.3) is 11.0 Å². The Balaban J connectivity index is 1.51. The second-order valence-corrected chi connectivity index (χ2v) is 8.90. The third-order valence-electron chi connectivity index (χ3n) is 6.49. The first-order chi connectivity index (χ1) is 15.5. The molecule has 0 spiro atoms. The minimum absolute atomic E-state index is 0.260. The Morgan fingerprint density at radius 1 is 0.906 bits per heavy atom. The maximum Gasteiger partial charge on any atom is 0.340 e. The van der Waals surface area contributed by atoms with Gasteiger partial charge in [-0.25, -0.2) is 4.79 Å². The summed E-state index contributed by atoms with van der Waals surface area (Å²) in [5, 5.41) is 1.01. The Morgan fingerprint density at radius 3 is 2.41 bits per heavy atom. The van der Waals surface area contributed by atoms with Gasteiger partial charge in [-0.3, -0.25) is 4.90 Å². The van der Waals surface area contributed by atoms with Gasteiger partial charge in [0.2, 0.25) is 6.73 Å². The standard InChI is InChI=1S/C28H27NO3/c1-18-9-11-22(12-10-18)15-29-16-23-14-24-19(2)25(13-21-7-5-4-6-8-21)28(30)32-27(24)20(3)26(23)31-17-29/h4-12,14H,13,15-17H2,1-3H3/p+1. The fourth-order valence-electron chi connectivity index (χ4n) is 4.67. The van der Waals surface area contributed by atoms with Crippen LogP contribution >= 0.6 is 0 Å². The van der Waals surface area contributed by atoms with Gasteiger partial charge in [0.05, 0.1) is 0 Å². The number of aryl methyl sites for hydroxylation is 3. The lowest BCUT2D eigenvalue weighted by Crippen LogP contribution is -3.10. The highest BCUT2D eigenvalue weighted by Gasteiger charge is 2.26. The number of fused-ring (bicyclic) bond motifs is 2. The maximum atomic E-state index is 12.8. The zero-order valence-corrected chi connectivity index (χ0v) is 18.8. The molecule has 1 unspecified atom stereocenters. The van der Waals surface area contributed by atoms with Gasteiger partial charge < -0.3 is 9.15 Å². The molecule has 0 fully saturated rings. The van der Waals surface area contributed by atoms with Crippen molar-refractivity contribution in [3.05, 3.63) is 110 Å². The second-order valence-electron chi connectivity index (χ2n) is 8.90. The third-order valence-corrected chi connectivity index (χ3v) is 6.49. The monoisotopic (exact) mass is 426 g/mol. The highest BCUT2D eigenvalue weighted by Crippen LogP contribution is 2.34. The zero-order chi connectivity index (χ0) is 22.2. The number of quaternary nitrogens is 1. The summed E-state index contributed by atoms with van der Waals surface area (Å²) in [6.45, 7) is 8.53. The Labute approximate surface area is 188 Å². The molecule has 4 heteroatoms. The average Bonchev–Trinajstić information content (AvgIpc) is 2.80. The lowest BCUT2D eigenvalue weighted by atomic mass is 9.96. The maximum absolute atomic E-state index is 12.8. The van der Waals surface area contributed by atoms with Crippen LogP contribution in [-0.2, 0) is 19.5 Å². The fraction of sp³-hybridized carbons (Fsp3) is 0.250. The first-order valence-electron chi connectivity index (χ1n) is 11.1. The van der Waals surface area contributed by atoms with Crippen LogP contribution in [0.3, 0.4) is 0 Å². The summed E-state index contributed by atoms with van der Waals surface area (Å²) in [6, 6.07) is 20.9. The molecule has 5 rings (SSSR count). The molecule has 1 N–H and O–H groups in total. The van der Waals surface area contributed by atoms with Crippen molar-refractivity contribution in [3.63, 3.8) is 0 Å². The molecule has 1 atom stereocenters. The van der Waals surface area contributed by atoms with Gasteiger partial charge in [0.1, 0.15) is 24.4 Å². The van der Waals surface area contributed by atoms with E-state index < -0.39 is 0 Å². The average molecular weight is 427 g/mol. The van der Waals surface area contributed by atoms with Crippen LogP contribution in [-0.4, -0.2) is 6.73 Å². The Kier molecular flexibility index (Phi) is 5.32. The first kappa shape index (κ1) is 20.5. The van der Waals surface area contributed by atoms with E-state index in [9.17, 15) is 4.79 Å². The van der Waals surface area contributed by atoms with Crippen LogP contribution in [0.4, 0.5) is 0 Å². The zero-order valence-electron chi connectivity index (χ0n) is 18.8. The summed E-state index contributed by atoms with van der Waals surface area (Å²) in [6.07, 6.45) is 0.572. The Morgan fingerprint density at radius 2 is 1.66 bits per heavy atom. The van der Waals surface area contributed by atoms with Crippen LogP contribution in [0.1, 0.15) is 38.9 Å². The molecular weight excluding hydrogens is 398 g/mol. The van der Waals surface area contributed by atoms with E-state index in [0.29, 0.717) is 18.7 Å². The predicted molar refractivity (Wildman–Crippen MR) is 126 cm³/mol. The normalized spacial score (nSPS) is 15.4. The molecule has 162 valence electrons. The molecule has 3 aromatic carbocycles. The molecule has 2 heterocycles. The molecular formula is C28H28NO3+. The quantitative estimate of drug-likeness (QED) is 0.497. The number of hydrogen-bond donors (Lipinski definition) is 1. The predicted octanol–water partition coefficient (Wildman–Crippen LogP) is 4.24. The fourth-order valence-corrected chi connectivity index (χ4v) is 4.67. The van der Waals surface area contributed by atoms with E-state index in [2.05, 4.69) is 37.3 Å². The SMILES string of the molecule is Cc1ccc(C[NH+]2COc3c(cc4c(C)c(Cc5ccccc5)c(=O)oc4c3C)C2)cc1. The van der Waals surface area contributed by atoms with Gasteiger partial charge >= 0.3 is 5.63 Å². The van der Waals surface area contributed by atoms with Gasteiger partial charge in [0.25, 0.3) is 0 Å². The van der Waals surface area contributed by atoms with E-state index in [1.54, 1.807) is 0 Å². The summed E-state index contributed by atoms with van der Waals surface area (Å²) in [5.41, 5.74) is 7.88. The summed E-state index contributed by atoms with van der Waals surface area (Å²) in [7, 11) is 0. The van der Waals surface area contributed by atoms with Crippen molar-refractivity contribution in [1.82, 2.24) is 0 Å². The van der Waals surface area contributed by atoms with Crippen molar-refractivity contribution in [3.8, 4) is 5.75 Å². The summed E-state index contributed by atoms with van der Waals surface area (Å²) in [5.74, 6) is 0.864. The van der Waals surface area contributed by atoms with E-state index in [1.165, 1.54) is 21.6 Å². The van der Waals surface area contributed by atoms with Crippen molar-refractivity contribution in [2.45, 2.75) is 40.3 Å². The van der Waals surface area contributed by atoms with Crippen LogP contribution in [0.5, 0.6) is 5.75 Å². The Bertz CT molecular complexity index is 1340. The van der Waals surface area contributed by atoms with Gasteiger partial charge in [-0.1, -0.05) is 60.2 Å². The largest absolute Gasteiger partial charge is 0.444 e. The van der Waals surface area contributed by atoms with Gasteiger partial charge in [-0.05, 0) is 38.0 Å². The topological polar surface area (TPSA) is 43.9 Å². The van der Waals surface area contributed by atoms with Crippen LogP contribution < -0.4 is 15.3 Å². The highest BCUT2D eigenvalue weighted by atomic mass is 16.5. The van der Waals surface area contributed by atoms with Crippen molar-refractivity contribution in [2.24, 2.45) is 0 Å². The van der Waals surface area contributed by atoms with Crippen molar-refractivity contribution in [2.75, 3.05) is 6.73 Å². The van der Waals surface area contributed by atoms with Gasteiger partial charge in [-0.15, -0.1) is 0 Å². The van der Waals surface area contributed by atoms with E-state index in [0.717, 1.165) is 46.5 Å². The molecule has 0 radical (unpaired) electrons. The summed E-state index contributed by atoms with van der Waals surface area (Å²) in [4.78, 5) is 14.2. The molecule has 0 amide bonds. The number of benzene rings is 3. The number of hydrogen-bond acceptors (Lipinski definition) is 3. The summed E-state index contributed by atoms with van der Waals surface area (Å²) >= 11 is 0. The van der Waals surface area contributed by atoms with Crippen LogP contribution in [0.15, 0.2) is 69.9 Å². The third kappa shape index (κ3) is 3.82. The minimum Gasteiger partial charge on any atom is -0.444 e. The smallest absolute Gasteiger partial charge is 0.340 e. The molecule has 0 aliphatic carbocycles.